The van der Waals surface area contributed by atoms with Crippen molar-refractivity contribution in [1.29, 1.82) is 0 Å². The van der Waals surface area contributed by atoms with Crippen molar-refractivity contribution in [2.45, 2.75) is 20.8 Å². The first kappa shape index (κ1) is 22.1. The lowest BCUT2D eigenvalue weighted by molar-refractivity contribution is 0.312. The summed E-state index contributed by atoms with van der Waals surface area (Å²) in [7, 11) is 2.17. The van der Waals surface area contributed by atoms with Crippen LogP contribution >= 0.6 is 0 Å². The molecule has 1 fully saturated rings. The zero-order valence-electron chi connectivity index (χ0n) is 20.1. The lowest BCUT2D eigenvalue weighted by atomic mass is 9.97. The third-order valence-corrected chi connectivity index (χ3v) is 6.74. The molecule has 4 aromatic rings. The molecular weight excluding hydrogens is 424 g/mol. The minimum absolute atomic E-state index is 0.142. The minimum atomic E-state index is -0.142. The molecule has 1 aliphatic rings. The summed E-state index contributed by atoms with van der Waals surface area (Å²) in [5, 5.41) is 4.14. The molecule has 0 unspecified atom stereocenters. The molecule has 0 aliphatic carbocycles. The average molecular weight is 455 g/mol. The highest BCUT2D eigenvalue weighted by atomic mass is 16.1. The van der Waals surface area contributed by atoms with Crippen molar-refractivity contribution in [3.05, 3.63) is 75.7 Å². The number of hydrogen-bond donors (Lipinski definition) is 2. The Kier molecular flexibility index (Phi) is 5.79. The largest absolute Gasteiger partial charge is 0.369 e. The van der Waals surface area contributed by atoms with Crippen molar-refractivity contribution in [1.82, 2.24) is 19.9 Å². The van der Waals surface area contributed by atoms with Gasteiger partial charge in [-0.15, -0.1) is 0 Å². The summed E-state index contributed by atoms with van der Waals surface area (Å²) in [6.45, 7) is 10.3. The minimum Gasteiger partial charge on any atom is -0.369 e. The molecule has 0 radical (unpaired) electrons. The highest BCUT2D eigenvalue weighted by Crippen LogP contribution is 2.28. The number of likely N-dealkylation sites (N-methyl/N-ethyl adjacent to an activating group) is 1. The van der Waals surface area contributed by atoms with Gasteiger partial charge in [0.2, 0.25) is 5.95 Å². The lowest BCUT2D eigenvalue weighted by Gasteiger charge is -2.35. The normalized spacial score (nSPS) is 14.5. The van der Waals surface area contributed by atoms with Crippen molar-refractivity contribution < 1.29 is 0 Å². The van der Waals surface area contributed by atoms with E-state index >= 15 is 0 Å². The van der Waals surface area contributed by atoms with E-state index in [9.17, 15) is 4.79 Å². The van der Waals surface area contributed by atoms with Gasteiger partial charge in [0.05, 0.1) is 5.56 Å². The maximum atomic E-state index is 13.0. The zero-order valence-corrected chi connectivity index (χ0v) is 20.1. The van der Waals surface area contributed by atoms with E-state index in [1.807, 2.05) is 38.1 Å². The van der Waals surface area contributed by atoms with Gasteiger partial charge in [0.25, 0.3) is 5.56 Å². The summed E-state index contributed by atoms with van der Waals surface area (Å²) < 4.78 is 0. The van der Waals surface area contributed by atoms with Crippen LogP contribution < -0.4 is 15.8 Å². The molecule has 174 valence electrons. The van der Waals surface area contributed by atoms with Crippen LogP contribution in [-0.2, 0) is 0 Å². The van der Waals surface area contributed by atoms with Crippen molar-refractivity contribution in [3.63, 3.8) is 0 Å². The second-order valence-electron chi connectivity index (χ2n) is 9.14. The predicted octanol–water partition coefficient (Wildman–Crippen LogP) is 4.41. The smallest absolute Gasteiger partial charge is 0.257 e. The van der Waals surface area contributed by atoms with Crippen LogP contribution in [0, 0.1) is 20.8 Å². The Labute approximate surface area is 199 Å². The van der Waals surface area contributed by atoms with E-state index < -0.39 is 0 Å². The van der Waals surface area contributed by atoms with E-state index in [0.29, 0.717) is 17.2 Å². The Bertz CT molecular complexity index is 1420. The summed E-state index contributed by atoms with van der Waals surface area (Å²) in [5.41, 5.74) is 7.33. The SMILES string of the molecule is Cc1ccccc1-c1c(C)c2cnc(Nc3ccc(N4CCN(C)CC4)c(C)c3)nc2[nH]c1=O. The van der Waals surface area contributed by atoms with E-state index in [-0.39, 0.29) is 5.56 Å². The number of pyridine rings is 1. The Balaban J connectivity index is 1.43. The summed E-state index contributed by atoms with van der Waals surface area (Å²) in [6, 6.07) is 14.3. The number of benzene rings is 2. The predicted molar refractivity (Wildman–Crippen MR) is 139 cm³/mol. The number of nitrogens with one attached hydrogen (secondary N) is 2. The van der Waals surface area contributed by atoms with Gasteiger partial charge in [0, 0.05) is 49.1 Å². The Morgan fingerprint density at radius 2 is 1.74 bits per heavy atom. The second kappa shape index (κ2) is 8.91. The Morgan fingerprint density at radius 3 is 2.47 bits per heavy atom. The van der Waals surface area contributed by atoms with Gasteiger partial charge in [-0.2, -0.15) is 4.98 Å². The van der Waals surface area contributed by atoms with Crippen molar-refractivity contribution in [2.24, 2.45) is 0 Å². The van der Waals surface area contributed by atoms with E-state index in [2.05, 4.69) is 62.2 Å². The fourth-order valence-corrected chi connectivity index (χ4v) is 4.73. The molecule has 1 saturated heterocycles. The lowest BCUT2D eigenvalue weighted by Crippen LogP contribution is -2.44. The molecule has 3 heterocycles. The van der Waals surface area contributed by atoms with Crippen LogP contribution in [0.15, 0.2) is 53.5 Å². The standard InChI is InChI=1S/C27H30N6O/c1-17-7-5-6-8-21(17)24-19(3)22-16-28-27(31-25(22)30-26(24)34)29-20-9-10-23(18(2)15-20)33-13-11-32(4)12-14-33/h5-10,15-16H,11-14H2,1-4H3,(H2,28,29,30,31,34). The molecule has 34 heavy (non-hydrogen) atoms. The molecule has 1 aliphatic heterocycles. The summed E-state index contributed by atoms with van der Waals surface area (Å²) in [6.07, 6.45) is 1.78. The summed E-state index contributed by atoms with van der Waals surface area (Å²) >= 11 is 0. The van der Waals surface area contributed by atoms with Crippen LogP contribution in [0.2, 0.25) is 0 Å². The van der Waals surface area contributed by atoms with Crippen LogP contribution in [0.3, 0.4) is 0 Å². The maximum Gasteiger partial charge on any atom is 0.257 e. The quantitative estimate of drug-likeness (QED) is 0.476. The summed E-state index contributed by atoms with van der Waals surface area (Å²) in [5.74, 6) is 0.456. The van der Waals surface area contributed by atoms with Crippen molar-refractivity contribution in [3.8, 4) is 11.1 Å². The number of H-pyrrole nitrogens is 1. The van der Waals surface area contributed by atoms with Gasteiger partial charge >= 0.3 is 0 Å². The molecule has 0 spiro atoms. The number of rotatable bonds is 4. The molecule has 7 heteroatoms. The Hall–Kier alpha value is -3.71. The number of aromatic nitrogens is 3. The number of piperazine rings is 1. The van der Waals surface area contributed by atoms with E-state index in [1.165, 1.54) is 11.3 Å². The highest BCUT2D eigenvalue weighted by Gasteiger charge is 2.17. The van der Waals surface area contributed by atoms with Gasteiger partial charge in [-0.1, -0.05) is 24.3 Å². The fourth-order valence-electron chi connectivity index (χ4n) is 4.73. The van der Waals surface area contributed by atoms with Gasteiger partial charge in [0.15, 0.2) is 0 Å². The van der Waals surface area contributed by atoms with Crippen molar-refractivity contribution in [2.75, 3.05) is 43.4 Å². The number of aryl methyl sites for hydroxylation is 3. The van der Waals surface area contributed by atoms with Gasteiger partial charge in [0.1, 0.15) is 5.65 Å². The fraction of sp³-hybridized carbons (Fsp3) is 0.296. The van der Waals surface area contributed by atoms with Crippen LogP contribution in [-0.4, -0.2) is 53.1 Å². The molecule has 5 rings (SSSR count). The molecule has 2 aromatic heterocycles. The number of fused-ring (bicyclic) bond motifs is 1. The van der Waals surface area contributed by atoms with E-state index in [1.54, 1.807) is 6.20 Å². The number of anilines is 3. The number of hydrogen-bond acceptors (Lipinski definition) is 6. The monoisotopic (exact) mass is 454 g/mol. The van der Waals surface area contributed by atoms with Gasteiger partial charge < -0.3 is 20.1 Å². The third kappa shape index (κ3) is 4.15. The number of nitrogens with zero attached hydrogens (tertiary/aromatic N) is 4. The van der Waals surface area contributed by atoms with Crippen LogP contribution in [0.1, 0.15) is 16.7 Å². The molecule has 2 N–H and O–H groups in total. The molecule has 0 atom stereocenters. The molecule has 0 bridgehead atoms. The van der Waals surface area contributed by atoms with Crippen LogP contribution in [0.4, 0.5) is 17.3 Å². The van der Waals surface area contributed by atoms with Gasteiger partial charge in [-0.05, 0) is 68.3 Å². The van der Waals surface area contributed by atoms with Crippen molar-refractivity contribution >= 4 is 28.4 Å². The Morgan fingerprint density at radius 1 is 0.971 bits per heavy atom. The molecule has 0 amide bonds. The third-order valence-electron chi connectivity index (χ3n) is 6.74. The first-order valence-electron chi connectivity index (χ1n) is 11.7. The first-order valence-corrected chi connectivity index (χ1v) is 11.7. The van der Waals surface area contributed by atoms with E-state index in [4.69, 9.17) is 0 Å². The molecular formula is C27H30N6O. The molecule has 7 nitrogen and oxygen atoms in total. The average Bonchev–Trinajstić information content (AvgIpc) is 2.81. The summed E-state index contributed by atoms with van der Waals surface area (Å²) in [4.78, 5) is 29.9. The van der Waals surface area contributed by atoms with Crippen LogP contribution in [0.5, 0.6) is 0 Å². The second-order valence-corrected chi connectivity index (χ2v) is 9.14. The first-order chi connectivity index (χ1) is 16.4. The van der Waals surface area contributed by atoms with Gasteiger partial charge in [-0.3, -0.25) is 4.79 Å². The topological polar surface area (TPSA) is 77.2 Å². The van der Waals surface area contributed by atoms with Gasteiger partial charge in [-0.25, -0.2) is 4.98 Å². The maximum absolute atomic E-state index is 13.0. The van der Waals surface area contributed by atoms with E-state index in [0.717, 1.165) is 53.9 Å². The molecule has 2 aromatic carbocycles. The molecule has 0 saturated carbocycles. The van der Waals surface area contributed by atoms with Crippen LogP contribution in [0.25, 0.3) is 22.2 Å². The zero-order chi connectivity index (χ0) is 23.8. The number of aromatic amines is 1. The highest BCUT2D eigenvalue weighted by molar-refractivity contribution is 5.86.